The van der Waals surface area contributed by atoms with Crippen LogP contribution in [-0.2, 0) is 4.79 Å². The second kappa shape index (κ2) is 4.97. The van der Waals surface area contributed by atoms with E-state index in [1.807, 2.05) is 0 Å². The molecule has 1 amide bonds. The fourth-order valence-electron chi connectivity index (χ4n) is 2.07. The molecule has 1 aliphatic rings. The maximum Gasteiger partial charge on any atom is 0.297 e. The summed E-state index contributed by atoms with van der Waals surface area (Å²) < 4.78 is 13.2. The first-order valence-electron chi connectivity index (χ1n) is 5.50. The standard InChI is InChI=1S/C12H10ClFN2O3/c1-2-7-3-11(17)15(6-7)12-9(13)4-8(14)5-10(12)16(18)19/h2,4-5,7H,1,3,6H2. The lowest BCUT2D eigenvalue weighted by Crippen LogP contribution is -2.25. The van der Waals surface area contributed by atoms with Crippen LogP contribution in [-0.4, -0.2) is 17.4 Å². The Bertz CT molecular complexity index is 576. The molecule has 1 heterocycles. The lowest BCUT2D eigenvalue weighted by atomic mass is 10.1. The van der Waals surface area contributed by atoms with E-state index < -0.39 is 16.4 Å². The minimum Gasteiger partial charge on any atom is -0.305 e. The van der Waals surface area contributed by atoms with E-state index in [4.69, 9.17) is 11.6 Å². The molecular weight excluding hydrogens is 275 g/mol. The molecule has 1 saturated heterocycles. The summed E-state index contributed by atoms with van der Waals surface area (Å²) >= 11 is 5.85. The topological polar surface area (TPSA) is 63.5 Å². The van der Waals surface area contributed by atoms with Gasteiger partial charge < -0.3 is 4.90 Å². The quantitative estimate of drug-likeness (QED) is 0.487. The molecule has 0 radical (unpaired) electrons. The van der Waals surface area contributed by atoms with Gasteiger partial charge in [-0.05, 0) is 6.07 Å². The summed E-state index contributed by atoms with van der Waals surface area (Å²) in [4.78, 5) is 23.3. The second-order valence-corrected chi connectivity index (χ2v) is 4.62. The van der Waals surface area contributed by atoms with Gasteiger partial charge >= 0.3 is 0 Å². The molecule has 0 N–H and O–H groups in total. The van der Waals surface area contributed by atoms with Crippen molar-refractivity contribution < 1.29 is 14.1 Å². The molecular formula is C12H10ClFN2O3. The fraction of sp³-hybridized carbons (Fsp3) is 0.250. The first kappa shape index (κ1) is 13.5. The van der Waals surface area contributed by atoms with Crippen molar-refractivity contribution in [1.29, 1.82) is 0 Å². The zero-order valence-corrected chi connectivity index (χ0v) is 10.6. The van der Waals surface area contributed by atoms with Gasteiger partial charge in [0.15, 0.2) is 0 Å². The molecule has 0 saturated carbocycles. The van der Waals surface area contributed by atoms with Crippen LogP contribution in [0, 0.1) is 21.8 Å². The molecule has 1 aliphatic heterocycles. The Balaban J connectivity index is 2.53. The summed E-state index contributed by atoms with van der Waals surface area (Å²) in [5, 5.41) is 10.8. The molecule has 1 fully saturated rings. The highest BCUT2D eigenvalue weighted by molar-refractivity contribution is 6.34. The van der Waals surface area contributed by atoms with Gasteiger partial charge in [0.2, 0.25) is 5.91 Å². The van der Waals surface area contributed by atoms with Gasteiger partial charge in [0.25, 0.3) is 5.69 Å². The number of carbonyl (C=O) groups is 1. The molecule has 0 spiro atoms. The van der Waals surface area contributed by atoms with Crippen LogP contribution < -0.4 is 4.90 Å². The molecule has 0 aromatic heterocycles. The lowest BCUT2D eigenvalue weighted by Gasteiger charge is -2.17. The van der Waals surface area contributed by atoms with Gasteiger partial charge in [0.05, 0.1) is 16.0 Å². The van der Waals surface area contributed by atoms with Crippen molar-refractivity contribution in [1.82, 2.24) is 0 Å². The molecule has 0 bridgehead atoms. The van der Waals surface area contributed by atoms with Gasteiger partial charge in [0, 0.05) is 18.9 Å². The zero-order valence-electron chi connectivity index (χ0n) is 9.81. The van der Waals surface area contributed by atoms with Crippen LogP contribution in [0.25, 0.3) is 0 Å². The highest BCUT2D eigenvalue weighted by atomic mass is 35.5. The Kier molecular flexibility index (Phi) is 3.53. The van der Waals surface area contributed by atoms with Crippen molar-refractivity contribution in [2.24, 2.45) is 5.92 Å². The number of amides is 1. The van der Waals surface area contributed by atoms with E-state index >= 15 is 0 Å². The van der Waals surface area contributed by atoms with E-state index in [2.05, 4.69) is 6.58 Å². The first-order valence-corrected chi connectivity index (χ1v) is 5.88. The molecule has 0 aliphatic carbocycles. The number of nitrogens with zero attached hydrogens (tertiary/aromatic N) is 2. The molecule has 1 atom stereocenters. The van der Waals surface area contributed by atoms with Crippen molar-refractivity contribution in [2.45, 2.75) is 6.42 Å². The van der Waals surface area contributed by atoms with Crippen LogP contribution in [0.5, 0.6) is 0 Å². The number of halogens is 2. The molecule has 7 heteroatoms. The predicted molar refractivity (Wildman–Crippen MR) is 68.7 cm³/mol. The molecule has 2 rings (SSSR count). The smallest absolute Gasteiger partial charge is 0.297 e. The Morgan fingerprint density at radius 2 is 2.26 bits per heavy atom. The Morgan fingerprint density at radius 3 is 2.79 bits per heavy atom. The van der Waals surface area contributed by atoms with E-state index in [-0.39, 0.29) is 35.5 Å². The largest absolute Gasteiger partial charge is 0.305 e. The van der Waals surface area contributed by atoms with Gasteiger partial charge in [-0.15, -0.1) is 6.58 Å². The SMILES string of the molecule is C=CC1CC(=O)N(c2c(Cl)cc(F)cc2[N+](=O)[O-])C1. The number of nitro benzene ring substituents is 1. The summed E-state index contributed by atoms with van der Waals surface area (Å²) in [5.41, 5.74) is -0.564. The second-order valence-electron chi connectivity index (χ2n) is 4.22. The van der Waals surface area contributed by atoms with Crippen molar-refractivity contribution >= 4 is 28.9 Å². The van der Waals surface area contributed by atoms with Gasteiger partial charge in [-0.3, -0.25) is 14.9 Å². The van der Waals surface area contributed by atoms with E-state index in [0.717, 1.165) is 12.1 Å². The summed E-state index contributed by atoms with van der Waals surface area (Å²) in [6, 6.07) is 1.72. The van der Waals surface area contributed by atoms with Crippen LogP contribution in [0.2, 0.25) is 5.02 Å². The molecule has 1 aromatic carbocycles. The number of nitro groups is 1. The summed E-state index contributed by atoms with van der Waals surface area (Å²) in [5.74, 6) is -1.19. The average molecular weight is 285 g/mol. The van der Waals surface area contributed by atoms with Crippen LogP contribution >= 0.6 is 11.6 Å². The summed E-state index contributed by atoms with van der Waals surface area (Å²) in [7, 11) is 0. The first-order chi connectivity index (χ1) is 8.93. The van der Waals surface area contributed by atoms with Crippen molar-refractivity contribution in [3.05, 3.63) is 45.7 Å². The number of rotatable bonds is 3. The molecule has 1 aromatic rings. The Hall–Kier alpha value is -1.95. The third-order valence-corrected chi connectivity index (χ3v) is 3.25. The van der Waals surface area contributed by atoms with Gasteiger partial charge in [-0.2, -0.15) is 0 Å². The van der Waals surface area contributed by atoms with Crippen molar-refractivity contribution in [2.75, 3.05) is 11.4 Å². The van der Waals surface area contributed by atoms with E-state index in [1.165, 1.54) is 4.90 Å². The molecule has 100 valence electrons. The number of carbonyl (C=O) groups excluding carboxylic acids is 1. The van der Waals surface area contributed by atoms with Gasteiger partial charge in [-0.25, -0.2) is 4.39 Å². The molecule has 19 heavy (non-hydrogen) atoms. The van der Waals surface area contributed by atoms with Crippen LogP contribution in [0.4, 0.5) is 15.8 Å². The maximum absolute atomic E-state index is 13.2. The van der Waals surface area contributed by atoms with Gasteiger partial charge in [-0.1, -0.05) is 17.7 Å². The van der Waals surface area contributed by atoms with Gasteiger partial charge in [0.1, 0.15) is 11.5 Å². The monoisotopic (exact) mass is 284 g/mol. The highest BCUT2D eigenvalue weighted by Gasteiger charge is 2.35. The van der Waals surface area contributed by atoms with E-state index in [9.17, 15) is 19.3 Å². The van der Waals surface area contributed by atoms with Crippen molar-refractivity contribution in [3.8, 4) is 0 Å². The minimum absolute atomic E-state index is 0.0533. The summed E-state index contributed by atoms with van der Waals surface area (Å²) in [6.07, 6.45) is 1.83. The molecule has 1 unspecified atom stereocenters. The predicted octanol–water partition coefficient (Wildman–Crippen LogP) is 2.93. The number of benzene rings is 1. The highest BCUT2D eigenvalue weighted by Crippen LogP contribution is 2.39. The third kappa shape index (κ3) is 2.44. The average Bonchev–Trinajstić information content (AvgIpc) is 2.69. The minimum atomic E-state index is -0.813. The molecule has 5 nitrogen and oxygen atoms in total. The zero-order chi connectivity index (χ0) is 14.2. The number of hydrogen-bond acceptors (Lipinski definition) is 3. The number of anilines is 1. The Labute approximate surface area is 113 Å². The van der Waals surface area contributed by atoms with Crippen LogP contribution in [0.15, 0.2) is 24.8 Å². The summed E-state index contributed by atoms with van der Waals surface area (Å²) in [6.45, 7) is 3.85. The lowest BCUT2D eigenvalue weighted by molar-refractivity contribution is -0.384. The third-order valence-electron chi connectivity index (χ3n) is 2.96. The Morgan fingerprint density at radius 1 is 1.58 bits per heavy atom. The van der Waals surface area contributed by atoms with E-state index in [1.54, 1.807) is 6.08 Å². The van der Waals surface area contributed by atoms with Crippen molar-refractivity contribution in [3.63, 3.8) is 0 Å². The van der Waals surface area contributed by atoms with Crippen LogP contribution in [0.1, 0.15) is 6.42 Å². The maximum atomic E-state index is 13.2. The fourth-order valence-corrected chi connectivity index (χ4v) is 2.37. The van der Waals surface area contributed by atoms with E-state index in [0.29, 0.717) is 0 Å². The number of hydrogen-bond donors (Lipinski definition) is 0. The van der Waals surface area contributed by atoms with Crippen LogP contribution in [0.3, 0.4) is 0 Å². The normalized spacial score (nSPS) is 18.7.